The van der Waals surface area contributed by atoms with Crippen LogP contribution in [0.1, 0.15) is 33.1 Å². The number of carbonyl (C=O) groups is 1. The molecule has 1 heterocycles. The predicted octanol–water partition coefficient (Wildman–Crippen LogP) is 1.73. The Hall–Kier alpha value is -1.80. The van der Waals surface area contributed by atoms with Gasteiger partial charge in [-0.2, -0.15) is 0 Å². The zero-order valence-corrected chi connectivity index (χ0v) is 14.9. The van der Waals surface area contributed by atoms with Gasteiger partial charge < -0.3 is 14.4 Å². The second-order valence-corrected chi connectivity index (χ2v) is 7.39. The fraction of sp³-hybridized carbons (Fsp3) is 0.562. The molecule has 8 heteroatoms. The van der Waals surface area contributed by atoms with Crippen LogP contribution in [0.25, 0.3) is 0 Å². The molecule has 0 saturated heterocycles. The number of fused-ring (bicyclic) bond motifs is 1. The van der Waals surface area contributed by atoms with E-state index in [1.54, 1.807) is 11.0 Å². The van der Waals surface area contributed by atoms with E-state index in [4.69, 9.17) is 9.47 Å². The van der Waals surface area contributed by atoms with E-state index in [0.29, 0.717) is 24.6 Å². The number of nitrogens with one attached hydrogen (secondary N) is 1. The lowest BCUT2D eigenvalue weighted by molar-refractivity contribution is -0.128. The molecule has 1 aromatic rings. The molecule has 0 bridgehead atoms. The molecule has 0 unspecified atom stereocenters. The molecule has 0 spiro atoms. The number of unbranched alkanes of at least 4 members (excludes halogenated alkanes) is 2. The molecule has 134 valence electrons. The van der Waals surface area contributed by atoms with Crippen molar-refractivity contribution in [3.63, 3.8) is 0 Å². The molecule has 0 fully saturated rings. The highest BCUT2D eigenvalue weighted by molar-refractivity contribution is 7.89. The third kappa shape index (κ3) is 4.85. The van der Waals surface area contributed by atoms with Crippen LogP contribution in [0.4, 0.5) is 0 Å². The van der Waals surface area contributed by atoms with Gasteiger partial charge in [-0.05, 0) is 18.6 Å². The van der Waals surface area contributed by atoms with E-state index >= 15 is 0 Å². The Morgan fingerprint density at radius 1 is 1.21 bits per heavy atom. The van der Waals surface area contributed by atoms with Crippen molar-refractivity contribution in [2.75, 3.05) is 26.4 Å². The number of carbonyl (C=O) groups excluding carboxylic acids is 1. The predicted molar refractivity (Wildman–Crippen MR) is 89.5 cm³/mol. The Bertz CT molecular complexity index is 675. The highest BCUT2D eigenvalue weighted by Gasteiger charge is 2.20. The maximum atomic E-state index is 12.3. The molecule has 1 amide bonds. The van der Waals surface area contributed by atoms with Crippen LogP contribution in [0.5, 0.6) is 11.5 Å². The summed E-state index contributed by atoms with van der Waals surface area (Å²) in [5.41, 5.74) is 0. The summed E-state index contributed by atoms with van der Waals surface area (Å²) in [7, 11) is -3.65. The van der Waals surface area contributed by atoms with Crippen molar-refractivity contribution in [1.82, 2.24) is 9.62 Å². The van der Waals surface area contributed by atoms with Crippen LogP contribution in [0.15, 0.2) is 23.1 Å². The van der Waals surface area contributed by atoms with Crippen molar-refractivity contribution in [3.05, 3.63) is 18.2 Å². The highest BCUT2D eigenvalue weighted by Crippen LogP contribution is 2.33. The molecular weight excluding hydrogens is 332 g/mol. The van der Waals surface area contributed by atoms with E-state index in [-0.39, 0.29) is 24.1 Å². The molecule has 7 nitrogen and oxygen atoms in total. The van der Waals surface area contributed by atoms with Crippen LogP contribution in [0.2, 0.25) is 0 Å². The maximum absolute atomic E-state index is 12.3. The lowest BCUT2D eigenvalue weighted by atomic mass is 10.2. The second-order valence-electron chi connectivity index (χ2n) is 5.63. The average Bonchev–Trinajstić information content (AvgIpc) is 3.00. The van der Waals surface area contributed by atoms with E-state index < -0.39 is 10.0 Å². The van der Waals surface area contributed by atoms with Crippen LogP contribution in [0, 0.1) is 0 Å². The molecule has 1 aliphatic rings. The summed E-state index contributed by atoms with van der Waals surface area (Å²) < 4.78 is 37.6. The van der Waals surface area contributed by atoms with Crippen LogP contribution in [0.3, 0.4) is 0 Å². The first-order valence-corrected chi connectivity index (χ1v) is 9.57. The summed E-state index contributed by atoms with van der Waals surface area (Å²) in [6, 6.07) is 4.48. The van der Waals surface area contributed by atoms with Gasteiger partial charge >= 0.3 is 0 Å². The number of nitrogens with zero attached hydrogens (tertiary/aromatic N) is 1. The molecule has 0 atom stereocenters. The SMILES string of the molecule is CCCCCN(CCNS(=O)(=O)c1ccc2c(c1)OCO2)C(C)=O. The summed E-state index contributed by atoms with van der Waals surface area (Å²) in [5.74, 6) is 0.906. The minimum Gasteiger partial charge on any atom is -0.454 e. The van der Waals surface area contributed by atoms with E-state index in [9.17, 15) is 13.2 Å². The second kappa shape index (κ2) is 8.34. The fourth-order valence-electron chi connectivity index (χ4n) is 2.42. The maximum Gasteiger partial charge on any atom is 0.240 e. The summed E-state index contributed by atoms with van der Waals surface area (Å²) in [4.78, 5) is 13.4. The van der Waals surface area contributed by atoms with Gasteiger partial charge in [0.05, 0.1) is 4.90 Å². The third-order valence-electron chi connectivity index (χ3n) is 3.81. The van der Waals surface area contributed by atoms with Gasteiger partial charge in [0.1, 0.15) is 0 Å². The number of hydrogen-bond acceptors (Lipinski definition) is 5. The van der Waals surface area contributed by atoms with E-state index in [1.807, 2.05) is 0 Å². The van der Waals surface area contributed by atoms with Gasteiger partial charge in [-0.15, -0.1) is 0 Å². The molecule has 1 aromatic carbocycles. The summed E-state index contributed by atoms with van der Waals surface area (Å²) in [6.07, 6.45) is 3.04. The number of benzene rings is 1. The monoisotopic (exact) mass is 356 g/mol. The number of hydrogen-bond donors (Lipinski definition) is 1. The third-order valence-corrected chi connectivity index (χ3v) is 5.26. The quantitative estimate of drug-likeness (QED) is 0.681. The summed E-state index contributed by atoms with van der Waals surface area (Å²) in [6.45, 7) is 4.85. The van der Waals surface area contributed by atoms with E-state index in [0.717, 1.165) is 19.3 Å². The van der Waals surface area contributed by atoms with Crippen molar-refractivity contribution < 1.29 is 22.7 Å². The number of rotatable bonds is 9. The fourth-order valence-corrected chi connectivity index (χ4v) is 3.46. The average molecular weight is 356 g/mol. The first kappa shape index (κ1) is 18.5. The van der Waals surface area contributed by atoms with Crippen LogP contribution < -0.4 is 14.2 Å². The van der Waals surface area contributed by atoms with Crippen molar-refractivity contribution in [2.45, 2.75) is 38.0 Å². The summed E-state index contributed by atoms with van der Waals surface area (Å²) >= 11 is 0. The van der Waals surface area contributed by atoms with Gasteiger partial charge in [0.2, 0.25) is 22.7 Å². The zero-order valence-electron chi connectivity index (χ0n) is 14.1. The lowest BCUT2D eigenvalue weighted by Gasteiger charge is -2.21. The zero-order chi connectivity index (χ0) is 17.6. The van der Waals surface area contributed by atoms with Gasteiger partial charge in [0.25, 0.3) is 0 Å². The van der Waals surface area contributed by atoms with Crippen molar-refractivity contribution in [1.29, 1.82) is 0 Å². The molecule has 0 aliphatic carbocycles. The van der Waals surface area contributed by atoms with Gasteiger partial charge in [-0.3, -0.25) is 4.79 Å². The van der Waals surface area contributed by atoms with E-state index in [2.05, 4.69) is 11.6 Å². The number of amides is 1. The smallest absolute Gasteiger partial charge is 0.240 e. The normalized spacial score (nSPS) is 13.1. The van der Waals surface area contributed by atoms with Gasteiger partial charge in [0, 0.05) is 32.6 Å². The molecule has 0 aromatic heterocycles. The van der Waals surface area contributed by atoms with Crippen molar-refractivity contribution in [3.8, 4) is 11.5 Å². The molecular formula is C16H24N2O5S. The van der Waals surface area contributed by atoms with E-state index in [1.165, 1.54) is 19.1 Å². The molecule has 2 rings (SSSR count). The van der Waals surface area contributed by atoms with Crippen LogP contribution in [-0.2, 0) is 14.8 Å². The Morgan fingerprint density at radius 2 is 1.96 bits per heavy atom. The van der Waals surface area contributed by atoms with Crippen molar-refractivity contribution >= 4 is 15.9 Å². The van der Waals surface area contributed by atoms with Gasteiger partial charge in [-0.1, -0.05) is 19.8 Å². The molecule has 0 radical (unpaired) electrons. The number of sulfonamides is 1. The minimum absolute atomic E-state index is 0.0478. The molecule has 1 N–H and O–H groups in total. The van der Waals surface area contributed by atoms with Crippen LogP contribution >= 0.6 is 0 Å². The van der Waals surface area contributed by atoms with Crippen molar-refractivity contribution in [2.24, 2.45) is 0 Å². The van der Waals surface area contributed by atoms with Crippen LogP contribution in [-0.4, -0.2) is 45.7 Å². The Kier molecular flexibility index (Phi) is 6.44. The Morgan fingerprint density at radius 3 is 2.67 bits per heavy atom. The Labute approximate surface area is 143 Å². The molecule has 0 saturated carbocycles. The Balaban J connectivity index is 1.91. The minimum atomic E-state index is -3.65. The molecule has 24 heavy (non-hydrogen) atoms. The van der Waals surface area contributed by atoms with Gasteiger partial charge in [0.15, 0.2) is 11.5 Å². The summed E-state index contributed by atoms with van der Waals surface area (Å²) in [5, 5.41) is 0. The van der Waals surface area contributed by atoms with Gasteiger partial charge in [-0.25, -0.2) is 13.1 Å². The standard InChI is InChI=1S/C16H24N2O5S/c1-3-4-5-9-18(13(2)19)10-8-17-24(20,21)14-6-7-15-16(11-14)23-12-22-15/h6-7,11,17H,3-5,8-10,12H2,1-2H3. The first-order valence-electron chi connectivity index (χ1n) is 8.09. The first-order chi connectivity index (χ1) is 11.4. The molecule has 1 aliphatic heterocycles. The topological polar surface area (TPSA) is 84.9 Å². The number of ether oxygens (including phenoxy) is 2. The highest BCUT2D eigenvalue weighted by atomic mass is 32.2. The largest absolute Gasteiger partial charge is 0.454 e. The lowest BCUT2D eigenvalue weighted by Crippen LogP contribution is -2.38.